The van der Waals surface area contributed by atoms with E-state index >= 15 is 0 Å². The summed E-state index contributed by atoms with van der Waals surface area (Å²) in [5.41, 5.74) is 1.62. The second-order valence-electron chi connectivity index (χ2n) is 6.18. The molecule has 25 heavy (non-hydrogen) atoms. The predicted molar refractivity (Wildman–Crippen MR) is 93.1 cm³/mol. The summed E-state index contributed by atoms with van der Waals surface area (Å²) in [6.07, 6.45) is 3.70. The molecule has 1 saturated heterocycles. The molecule has 1 unspecified atom stereocenters. The van der Waals surface area contributed by atoms with Crippen LogP contribution in [0.15, 0.2) is 18.2 Å². The highest BCUT2D eigenvalue weighted by molar-refractivity contribution is 6.23. The topological polar surface area (TPSA) is 83.6 Å². The lowest BCUT2D eigenvalue weighted by Gasteiger charge is -2.27. The quantitative estimate of drug-likeness (QED) is 0.854. The summed E-state index contributed by atoms with van der Waals surface area (Å²) >= 11 is 0. The number of hydrogen-bond acceptors (Lipinski definition) is 4. The summed E-state index contributed by atoms with van der Waals surface area (Å²) in [5.74, 6) is -1.88. The molecule has 1 atom stereocenters. The highest BCUT2D eigenvalue weighted by Gasteiger charge is 2.44. The van der Waals surface area contributed by atoms with Crippen molar-refractivity contribution in [3.05, 3.63) is 34.9 Å². The van der Waals surface area contributed by atoms with Gasteiger partial charge in [0.05, 0.1) is 11.1 Å². The highest BCUT2D eigenvalue weighted by atomic mass is 16.2. The average molecular weight is 344 g/mol. The number of carbonyl (C=O) groups excluding carboxylic acids is 4. The van der Waals surface area contributed by atoms with Gasteiger partial charge >= 0.3 is 0 Å². The molecule has 0 spiro atoms. The van der Waals surface area contributed by atoms with Crippen molar-refractivity contribution in [2.45, 2.75) is 58.9 Å². The largest absolute Gasteiger partial charge is 0.295 e. The van der Waals surface area contributed by atoms with Crippen LogP contribution in [0.2, 0.25) is 0 Å². The van der Waals surface area contributed by atoms with E-state index in [1.54, 1.807) is 18.2 Å². The zero-order chi connectivity index (χ0) is 18.6. The second kappa shape index (κ2) is 8.05. The second-order valence-corrected chi connectivity index (χ2v) is 6.18. The molecule has 2 aliphatic heterocycles. The van der Waals surface area contributed by atoms with Gasteiger partial charge in [0, 0.05) is 6.42 Å². The molecule has 0 aliphatic carbocycles. The number of piperidine rings is 1. The molecule has 1 fully saturated rings. The number of nitrogens with zero attached hydrogens (tertiary/aromatic N) is 1. The summed E-state index contributed by atoms with van der Waals surface area (Å²) in [4.78, 5) is 48.9. The van der Waals surface area contributed by atoms with Crippen LogP contribution in [0.1, 0.15) is 72.7 Å². The molecule has 6 heteroatoms. The molecule has 0 aromatic heterocycles. The standard InChI is InChI=1S/C15H14N2O4.C4H10/c1-2-8-3-4-9-10(7-8)15(21)17(14(9)20)11-5-6-12(18)16-13(11)19;1-3-4-2/h3-4,7,11H,2,5-6H2,1H3,(H,16,18,19);3-4H2,1-2H3. The van der Waals surface area contributed by atoms with Crippen molar-refractivity contribution >= 4 is 23.6 Å². The Bertz CT molecular complexity index is 709. The van der Waals surface area contributed by atoms with Crippen LogP contribution in [0.4, 0.5) is 0 Å². The predicted octanol–water partition coefficient (Wildman–Crippen LogP) is 2.46. The molecule has 2 heterocycles. The molecule has 6 nitrogen and oxygen atoms in total. The van der Waals surface area contributed by atoms with Crippen molar-refractivity contribution in [1.29, 1.82) is 0 Å². The number of aryl methyl sites for hydroxylation is 1. The lowest BCUT2D eigenvalue weighted by molar-refractivity contribution is -0.136. The SMILES string of the molecule is CCCC.CCc1ccc2c(c1)C(=O)N(C1CCC(=O)NC1=O)C2=O. The zero-order valence-electron chi connectivity index (χ0n) is 14.9. The van der Waals surface area contributed by atoms with Gasteiger partial charge < -0.3 is 0 Å². The van der Waals surface area contributed by atoms with E-state index in [2.05, 4.69) is 19.2 Å². The fraction of sp³-hybridized carbons (Fsp3) is 0.474. The van der Waals surface area contributed by atoms with Gasteiger partial charge in [0.2, 0.25) is 11.8 Å². The molecule has 134 valence electrons. The maximum atomic E-state index is 12.4. The molecule has 3 rings (SSSR count). The first-order valence-corrected chi connectivity index (χ1v) is 8.79. The van der Waals surface area contributed by atoms with E-state index in [1.165, 1.54) is 12.8 Å². The van der Waals surface area contributed by atoms with Gasteiger partial charge in [0.25, 0.3) is 11.8 Å². The van der Waals surface area contributed by atoms with Crippen molar-refractivity contribution in [2.75, 3.05) is 0 Å². The van der Waals surface area contributed by atoms with E-state index in [1.807, 2.05) is 6.92 Å². The fourth-order valence-electron chi connectivity index (χ4n) is 2.74. The lowest BCUT2D eigenvalue weighted by Crippen LogP contribution is -2.54. The third-order valence-corrected chi connectivity index (χ3v) is 4.41. The van der Waals surface area contributed by atoms with Crippen LogP contribution >= 0.6 is 0 Å². The Balaban J connectivity index is 0.000000511. The van der Waals surface area contributed by atoms with Gasteiger partial charge in [-0.15, -0.1) is 0 Å². The molecule has 4 amide bonds. The Hall–Kier alpha value is -2.50. The van der Waals surface area contributed by atoms with E-state index < -0.39 is 23.8 Å². The Morgan fingerprint density at radius 1 is 1.00 bits per heavy atom. The van der Waals surface area contributed by atoms with Crippen molar-refractivity contribution in [3.63, 3.8) is 0 Å². The first kappa shape index (κ1) is 18.8. The maximum Gasteiger partial charge on any atom is 0.262 e. The van der Waals surface area contributed by atoms with Crippen LogP contribution in [-0.2, 0) is 16.0 Å². The Kier molecular flexibility index (Phi) is 6.07. The monoisotopic (exact) mass is 344 g/mol. The zero-order valence-corrected chi connectivity index (χ0v) is 14.9. The van der Waals surface area contributed by atoms with E-state index in [0.29, 0.717) is 11.1 Å². The van der Waals surface area contributed by atoms with Crippen LogP contribution in [0.5, 0.6) is 0 Å². The Morgan fingerprint density at radius 3 is 2.20 bits per heavy atom. The van der Waals surface area contributed by atoms with Gasteiger partial charge in [-0.2, -0.15) is 0 Å². The third kappa shape index (κ3) is 3.78. The van der Waals surface area contributed by atoms with Crippen molar-refractivity contribution in [1.82, 2.24) is 10.2 Å². The van der Waals surface area contributed by atoms with Gasteiger partial charge in [0.15, 0.2) is 0 Å². The fourth-order valence-corrected chi connectivity index (χ4v) is 2.74. The summed E-state index contributed by atoms with van der Waals surface area (Å²) in [7, 11) is 0. The highest BCUT2D eigenvalue weighted by Crippen LogP contribution is 2.28. The van der Waals surface area contributed by atoms with Gasteiger partial charge in [-0.1, -0.05) is 39.7 Å². The molecule has 0 saturated carbocycles. The molecular weight excluding hydrogens is 320 g/mol. The minimum atomic E-state index is -0.903. The molecule has 2 aliphatic rings. The molecular formula is C19H24N2O4. The summed E-state index contributed by atoms with van der Waals surface area (Å²) in [5, 5.41) is 2.17. The number of hydrogen-bond donors (Lipinski definition) is 1. The third-order valence-electron chi connectivity index (χ3n) is 4.41. The molecule has 1 aromatic rings. The van der Waals surface area contributed by atoms with Crippen LogP contribution in [-0.4, -0.2) is 34.6 Å². The number of fused-ring (bicyclic) bond motifs is 1. The van der Waals surface area contributed by atoms with Gasteiger partial charge in [0.1, 0.15) is 6.04 Å². The van der Waals surface area contributed by atoms with E-state index in [0.717, 1.165) is 16.9 Å². The summed E-state index contributed by atoms with van der Waals surface area (Å²) < 4.78 is 0. The lowest BCUT2D eigenvalue weighted by atomic mass is 10.0. The van der Waals surface area contributed by atoms with Gasteiger partial charge in [-0.25, -0.2) is 0 Å². The van der Waals surface area contributed by atoms with E-state index in [4.69, 9.17) is 0 Å². The number of carbonyl (C=O) groups is 4. The summed E-state index contributed by atoms with van der Waals surface area (Å²) in [6, 6.07) is 4.22. The van der Waals surface area contributed by atoms with Gasteiger partial charge in [-0.3, -0.25) is 29.4 Å². The summed E-state index contributed by atoms with van der Waals surface area (Å²) in [6.45, 7) is 6.32. The number of benzene rings is 1. The first-order valence-electron chi connectivity index (χ1n) is 8.79. The minimum absolute atomic E-state index is 0.129. The smallest absolute Gasteiger partial charge is 0.262 e. The Morgan fingerprint density at radius 2 is 1.64 bits per heavy atom. The van der Waals surface area contributed by atoms with E-state index in [9.17, 15) is 19.2 Å². The molecule has 0 radical (unpaired) electrons. The first-order chi connectivity index (χ1) is 11.9. The maximum absolute atomic E-state index is 12.4. The average Bonchev–Trinajstić information content (AvgIpc) is 2.86. The molecule has 0 bridgehead atoms. The normalized spacial score (nSPS) is 19.3. The van der Waals surface area contributed by atoms with Gasteiger partial charge in [-0.05, 0) is 30.5 Å². The van der Waals surface area contributed by atoms with Crippen molar-refractivity contribution in [2.24, 2.45) is 0 Å². The Labute approximate surface area is 147 Å². The number of imide groups is 2. The molecule has 1 N–H and O–H groups in total. The number of amides is 4. The van der Waals surface area contributed by atoms with Crippen molar-refractivity contribution in [3.8, 4) is 0 Å². The minimum Gasteiger partial charge on any atom is -0.295 e. The van der Waals surface area contributed by atoms with Crippen LogP contribution in [0.25, 0.3) is 0 Å². The number of nitrogens with one attached hydrogen (secondary N) is 1. The van der Waals surface area contributed by atoms with Crippen LogP contribution < -0.4 is 5.32 Å². The van der Waals surface area contributed by atoms with Crippen LogP contribution in [0.3, 0.4) is 0 Å². The number of unbranched alkanes of at least 4 members (excludes halogenated alkanes) is 1. The van der Waals surface area contributed by atoms with Crippen LogP contribution in [0, 0.1) is 0 Å². The van der Waals surface area contributed by atoms with Crippen molar-refractivity contribution < 1.29 is 19.2 Å². The number of rotatable bonds is 3. The van der Waals surface area contributed by atoms with E-state index in [-0.39, 0.29) is 18.7 Å². The molecule has 1 aromatic carbocycles.